The van der Waals surface area contributed by atoms with E-state index in [0.29, 0.717) is 13.2 Å². The van der Waals surface area contributed by atoms with E-state index in [1.165, 1.54) is 24.7 Å². The van der Waals surface area contributed by atoms with Crippen molar-refractivity contribution >= 4 is 9.84 Å². The van der Waals surface area contributed by atoms with Gasteiger partial charge in [-0.15, -0.1) is 0 Å². The molecule has 0 spiro atoms. The van der Waals surface area contributed by atoms with Gasteiger partial charge in [-0.3, -0.25) is 4.90 Å². The smallest absolute Gasteiger partial charge is 0.227 e. The van der Waals surface area contributed by atoms with Crippen LogP contribution >= 0.6 is 0 Å². The minimum atomic E-state index is -3.34. The molecule has 2 aromatic rings. The van der Waals surface area contributed by atoms with Crippen LogP contribution in [0.4, 0.5) is 0 Å². The van der Waals surface area contributed by atoms with E-state index in [2.05, 4.69) is 40.2 Å². The summed E-state index contributed by atoms with van der Waals surface area (Å²) in [7, 11) is -1.68. The highest BCUT2D eigenvalue weighted by atomic mass is 32.2. The topological polar surface area (TPSA) is 64.4 Å². The van der Waals surface area contributed by atoms with Gasteiger partial charge in [-0.05, 0) is 50.3 Å². The van der Waals surface area contributed by atoms with Gasteiger partial charge in [-0.2, -0.15) is 0 Å². The van der Waals surface area contributed by atoms with Crippen LogP contribution in [0.2, 0.25) is 0 Å². The highest BCUT2D eigenvalue weighted by Crippen LogP contribution is 2.23. The first kappa shape index (κ1) is 21.0. The van der Waals surface area contributed by atoms with Crippen LogP contribution in [0.1, 0.15) is 30.5 Å². The lowest BCUT2D eigenvalue weighted by atomic mass is 9.90. The second-order valence-electron chi connectivity index (χ2n) is 7.71. The van der Waals surface area contributed by atoms with Crippen LogP contribution in [0, 0.1) is 5.92 Å². The van der Waals surface area contributed by atoms with Gasteiger partial charge in [0, 0.05) is 33.1 Å². The summed E-state index contributed by atoms with van der Waals surface area (Å²) in [6.07, 6.45) is 7.20. The van der Waals surface area contributed by atoms with E-state index in [4.69, 9.17) is 4.74 Å². The summed E-state index contributed by atoms with van der Waals surface area (Å²) in [4.78, 5) is 6.62. The average Bonchev–Trinajstić information content (AvgIpc) is 3.07. The SMILES string of the molecule is COCCCn1c(CN2CCC(Cc3ccccc3)CC2)cnc1S(C)(=O)=O. The maximum Gasteiger partial charge on any atom is 0.227 e. The zero-order valence-electron chi connectivity index (χ0n) is 16.9. The number of sulfone groups is 1. The molecule has 28 heavy (non-hydrogen) atoms. The van der Waals surface area contributed by atoms with Crippen LogP contribution < -0.4 is 0 Å². The summed E-state index contributed by atoms with van der Waals surface area (Å²) in [5.41, 5.74) is 2.38. The molecule has 0 saturated carbocycles. The highest BCUT2D eigenvalue weighted by molar-refractivity contribution is 7.90. The normalized spacial score (nSPS) is 16.5. The van der Waals surface area contributed by atoms with Crippen molar-refractivity contribution in [2.45, 2.75) is 43.9 Å². The molecule has 154 valence electrons. The maximum atomic E-state index is 12.1. The number of methoxy groups -OCH3 is 1. The molecular formula is C21H31N3O3S. The standard InChI is InChI=1S/C21H31N3O3S/c1-27-14-6-11-24-20(16-22-21(24)28(2,25)26)17-23-12-9-19(10-13-23)15-18-7-4-3-5-8-18/h3-5,7-8,16,19H,6,9-15,17H2,1-2H3. The molecule has 1 aliphatic heterocycles. The number of hydrogen-bond acceptors (Lipinski definition) is 5. The minimum absolute atomic E-state index is 0.164. The minimum Gasteiger partial charge on any atom is -0.385 e. The third kappa shape index (κ3) is 5.65. The molecule has 1 aliphatic rings. The van der Waals surface area contributed by atoms with Crippen molar-refractivity contribution in [3.05, 3.63) is 47.8 Å². The lowest BCUT2D eigenvalue weighted by Crippen LogP contribution is -2.34. The van der Waals surface area contributed by atoms with Crippen LogP contribution in [-0.2, 0) is 34.1 Å². The van der Waals surface area contributed by atoms with E-state index in [9.17, 15) is 8.42 Å². The number of benzene rings is 1. The Labute approximate surface area is 168 Å². The third-order valence-electron chi connectivity index (χ3n) is 5.42. The second kappa shape index (κ2) is 9.67. The van der Waals surface area contributed by atoms with Gasteiger partial charge in [0.15, 0.2) is 0 Å². The monoisotopic (exact) mass is 405 g/mol. The van der Waals surface area contributed by atoms with E-state index in [1.54, 1.807) is 13.3 Å². The molecule has 0 unspecified atom stereocenters. The molecule has 0 bridgehead atoms. The molecule has 1 saturated heterocycles. The first-order valence-corrected chi connectivity index (χ1v) is 11.9. The quantitative estimate of drug-likeness (QED) is 0.600. The van der Waals surface area contributed by atoms with Crippen molar-refractivity contribution in [2.24, 2.45) is 5.92 Å². The predicted molar refractivity (Wildman–Crippen MR) is 110 cm³/mol. The molecule has 0 amide bonds. The molecule has 7 heteroatoms. The van der Waals surface area contributed by atoms with Crippen molar-refractivity contribution < 1.29 is 13.2 Å². The molecular weight excluding hydrogens is 374 g/mol. The number of nitrogens with zero attached hydrogens (tertiary/aromatic N) is 3. The van der Waals surface area contributed by atoms with E-state index >= 15 is 0 Å². The van der Waals surface area contributed by atoms with Crippen LogP contribution in [0.25, 0.3) is 0 Å². The Morgan fingerprint density at radius 1 is 1.18 bits per heavy atom. The molecule has 0 N–H and O–H groups in total. The van der Waals surface area contributed by atoms with Gasteiger partial charge in [-0.1, -0.05) is 30.3 Å². The van der Waals surface area contributed by atoms with Crippen LogP contribution in [-0.4, -0.2) is 55.9 Å². The van der Waals surface area contributed by atoms with Crippen molar-refractivity contribution in [3.63, 3.8) is 0 Å². The van der Waals surface area contributed by atoms with Crippen molar-refractivity contribution in [1.29, 1.82) is 0 Å². The number of piperidine rings is 1. The summed E-state index contributed by atoms with van der Waals surface area (Å²) < 4.78 is 31.1. The third-order valence-corrected chi connectivity index (χ3v) is 6.41. The zero-order chi connectivity index (χ0) is 20.0. The predicted octanol–water partition coefficient (Wildman–Crippen LogP) is 2.78. The molecule has 0 radical (unpaired) electrons. The molecule has 0 aliphatic carbocycles. The summed E-state index contributed by atoms with van der Waals surface area (Å²) >= 11 is 0. The Morgan fingerprint density at radius 2 is 1.89 bits per heavy atom. The maximum absolute atomic E-state index is 12.1. The summed E-state index contributed by atoms with van der Waals surface area (Å²) in [6, 6.07) is 10.7. The van der Waals surface area contributed by atoms with Gasteiger partial charge in [0.25, 0.3) is 0 Å². The number of ether oxygens (including phenoxy) is 1. The van der Waals surface area contributed by atoms with Crippen molar-refractivity contribution in [1.82, 2.24) is 14.5 Å². The van der Waals surface area contributed by atoms with Gasteiger partial charge < -0.3 is 9.30 Å². The van der Waals surface area contributed by atoms with Gasteiger partial charge in [0.1, 0.15) is 0 Å². The largest absolute Gasteiger partial charge is 0.385 e. The Hall–Kier alpha value is -1.70. The highest BCUT2D eigenvalue weighted by Gasteiger charge is 2.23. The van der Waals surface area contributed by atoms with Crippen LogP contribution in [0.5, 0.6) is 0 Å². The fraction of sp³-hybridized carbons (Fsp3) is 0.571. The average molecular weight is 406 g/mol. The fourth-order valence-corrected chi connectivity index (χ4v) is 4.80. The number of rotatable bonds is 9. The summed E-state index contributed by atoms with van der Waals surface area (Å²) in [6.45, 7) is 4.03. The zero-order valence-corrected chi connectivity index (χ0v) is 17.7. The molecule has 1 fully saturated rings. The number of aromatic nitrogens is 2. The molecule has 3 rings (SSSR count). The van der Waals surface area contributed by atoms with Gasteiger partial charge >= 0.3 is 0 Å². The summed E-state index contributed by atoms with van der Waals surface area (Å²) in [5, 5.41) is 0.164. The fourth-order valence-electron chi connectivity index (χ4n) is 3.95. The number of imidazole rings is 1. The van der Waals surface area contributed by atoms with E-state index in [1.807, 2.05) is 4.57 Å². The van der Waals surface area contributed by atoms with E-state index in [-0.39, 0.29) is 5.16 Å². The lowest BCUT2D eigenvalue weighted by Gasteiger charge is -2.32. The Kier molecular flexibility index (Phi) is 7.26. The molecule has 1 aromatic carbocycles. The van der Waals surface area contributed by atoms with Gasteiger partial charge in [0.05, 0.1) is 11.9 Å². The Bertz CT molecular complexity index is 841. The lowest BCUT2D eigenvalue weighted by molar-refractivity contribution is 0.170. The van der Waals surface area contributed by atoms with Crippen LogP contribution in [0.15, 0.2) is 41.7 Å². The molecule has 1 aromatic heterocycles. The van der Waals surface area contributed by atoms with E-state index in [0.717, 1.165) is 44.1 Å². The van der Waals surface area contributed by atoms with Crippen LogP contribution in [0.3, 0.4) is 0 Å². The van der Waals surface area contributed by atoms with Crippen molar-refractivity contribution in [2.75, 3.05) is 33.1 Å². The van der Waals surface area contributed by atoms with Crippen molar-refractivity contribution in [3.8, 4) is 0 Å². The second-order valence-corrected chi connectivity index (χ2v) is 9.62. The summed E-state index contributed by atoms with van der Waals surface area (Å²) in [5.74, 6) is 0.719. The van der Waals surface area contributed by atoms with Gasteiger partial charge in [-0.25, -0.2) is 13.4 Å². The first-order valence-electron chi connectivity index (χ1n) is 9.97. The Balaban J connectivity index is 1.60. The first-order chi connectivity index (χ1) is 13.5. The molecule has 0 atom stereocenters. The van der Waals surface area contributed by atoms with E-state index < -0.39 is 9.84 Å². The molecule has 2 heterocycles. The van der Waals surface area contributed by atoms with Gasteiger partial charge in [0.2, 0.25) is 15.0 Å². The molecule has 6 nitrogen and oxygen atoms in total. The Morgan fingerprint density at radius 3 is 2.54 bits per heavy atom. The number of likely N-dealkylation sites (tertiary alicyclic amines) is 1. The number of hydrogen-bond donors (Lipinski definition) is 0.